The number of nitrogens with zero attached hydrogens (tertiary/aromatic N) is 5. The monoisotopic (exact) mass is 433 g/mol. The number of benzene rings is 1. The molecule has 3 fully saturated rings. The van der Waals surface area contributed by atoms with Crippen LogP contribution in [-0.4, -0.2) is 51.2 Å². The lowest BCUT2D eigenvalue weighted by Crippen LogP contribution is -2.47. The fourth-order valence-corrected chi connectivity index (χ4v) is 5.63. The minimum Gasteiger partial charge on any atom is -0.392 e. The Balaban J connectivity index is 1.40. The summed E-state index contributed by atoms with van der Waals surface area (Å²) < 4.78 is 7.31. The summed E-state index contributed by atoms with van der Waals surface area (Å²) in [4.78, 5) is 11.8. The van der Waals surface area contributed by atoms with E-state index in [0.717, 1.165) is 35.6 Å². The summed E-state index contributed by atoms with van der Waals surface area (Å²) in [6.45, 7) is 6.07. The fourth-order valence-electron chi connectivity index (χ4n) is 5.63. The molecule has 2 aliphatic carbocycles. The van der Waals surface area contributed by atoms with Crippen LogP contribution in [0, 0.1) is 17.3 Å². The topological polar surface area (TPSA) is 76.3 Å². The normalized spacial score (nSPS) is 28.4. The highest BCUT2D eigenvalue weighted by atomic mass is 16.5. The second-order valence-electron chi connectivity index (χ2n) is 10.3. The van der Waals surface area contributed by atoms with Gasteiger partial charge >= 0.3 is 0 Å². The molecule has 1 spiro atoms. The fraction of sp³-hybridized carbons (Fsp3) is 0.560. The summed E-state index contributed by atoms with van der Waals surface area (Å²) in [7, 11) is 1.66. The van der Waals surface area contributed by atoms with Crippen molar-refractivity contribution in [2.45, 2.75) is 51.7 Å². The Morgan fingerprint density at radius 3 is 2.53 bits per heavy atom. The molecule has 7 nitrogen and oxygen atoms in total. The van der Waals surface area contributed by atoms with Gasteiger partial charge in [0.2, 0.25) is 0 Å². The quantitative estimate of drug-likeness (QED) is 0.662. The van der Waals surface area contributed by atoms with Crippen LogP contribution in [0.5, 0.6) is 0 Å². The molecule has 7 heteroatoms. The molecular weight excluding hydrogens is 402 g/mol. The van der Waals surface area contributed by atoms with Gasteiger partial charge in [-0.15, -0.1) is 0 Å². The van der Waals surface area contributed by atoms with Crippen LogP contribution in [0.1, 0.15) is 50.4 Å². The molecule has 6 rings (SSSR count). The molecule has 3 aromatic rings. The predicted octanol–water partition coefficient (Wildman–Crippen LogP) is 3.68. The molecule has 0 amide bonds. The van der Waals surface area contributed by atoms with Crippen LogP contribution in [0.25, 0.3) is 16.7 Å². The number of aliphatic hydroxyl groups is 1. The van der Waals surface area contributed by atoms with Gasteiger partial charge < -0.3 is 14.7 Å². The van der Waals surface area contributed by atoms with E-state index >= 15 is 0 Å². The molecule has 3 aliphatic rings. The average Bonchev–Trinajstić information content (AvgIpc) is 3.68. The van der Waals surface area contributed by atoms with Gasteiger partial charge in [0.1, 0.15) is 12.4 Å². The van der Waals surface area contributed by atoms with E-state index in [0.29, 0.717) is 23.8 Å². The number of hydrogen-bond acceptors (Lipinski definition) is 6. The molecule has 0 bridgehead atoms. The van der Waals surface area contributed by atoms with Gasteiger partial charge in [0.05, 0.1) is 17.8 Å². The van der Waals surface area contributed by atoms with Crippen LogP contribution in [0.2, 0.25) is 0 Å². The largest absolute Gasteiger partial charge is 0.392 e. The Hall–Kier alpha value is -2.51. The average molecular weight is 434 g/mol. The van der Waals surface area contributed by atoms with E-state index in [1.807, 2.05) is 16.9 Å². The Morgan fingerprint density at radius 2 is 1.84 bits per heavy atom. The first-order chi connectivity index (χ1) is 15.5. The van der Waals surface area contributed by atoms with Gasteiger partial charge in [0, 0.05) is 31.7 Å². The lowest BCUT2D eigenvalue weighted by atomic mass is 9.88. The number of aromatic nitrogens is 4. The highest BCUT2D eigenvalue weighted by molar-refractivity contribution is 5.81. The number of hydrogen-bond donors (Lipinski definition) is 1. The van der Waals surface area contributed by atoms with E-state index in [-0.39, 0.29) is 17.9 Å². The van der Waals surface area contributed by atoms with Gasteiger partial charge in [-0.1, -0.05) is 26.0 Å². The molecule has 1 saturated heterocycles. The maximum absolute atomic E-state index is 10.4. The number of ether oxygens (including phenoxy) is 1. The number of piperidine rings is 1. The van der Waals surface area contributed by atoms with E-state index in [9.17, 15) is 5.11 Å². The van der Waals surface area contributed by atoms with Crippen LogP contribution in [0.3, 0.4) is 0 Å². The summed E-state index contributed by atoms with van der Waals surface area (Å²) in [6.07, 6.45) is 5.73. The highest BCUT2D eigenvalue weighted by Gasteiger charge is 2.62. The first kappa shape index (κ1) is 20.1. The zero-order valence-electron chi connectivity index (χ0n) is 19.0. The van der Waals surface area contributed by atoms with Gasteiger partial charge in [-0.05, 0) is 54.1 Å². The van der Waals surface area contributed by atoms with E-state index in [1.54, 1.807) is 7.11 Å². The van der Waals surface area contributed by atoms with Crippen molar-refractivity contribution in [3.05, 3.63) is 41.9 Å². The lowest BCUT2D eigenvalue weighted by molar-refractivity contribution is 0.0527. The van der Waals surface area contributed by atoms with Gasteiger partial charge in [0.15, 0.2) is 11.6 Å². The van der Waals surface area contributed by atoms with Crippen LogP contribution in [0.15, 0.2) is 30.5 Å². The van der Waals surface area contributed by atoms with Crippen molar-refractivity contribution in [1.82, 2.24) is 19.7 Å². The summed E-state index contributed by atoms with van der Waals surface area (Å²) >= 11 is 0. The highest BCUT2D eigenvalue weighted by Crippen LogP contribution is 2.75. The Labute approximate surface area is 188 Å². The molecule has 3 atom stereocenters. The molecule has 168 valence electrons. The van der Waals surface area contributed by atoms with Crippen molar-refractivity contribution in [2.75, 3.05) is 25.1 Å². The predicted molar refractivity (Wildman–Crippen MR) is 123 cm³/mol. The second-order valence-corrected chi connectivity index (χ2v) is 10.3. The van der Waals surface area contributed by atoms with Gasteiger partial charge in [-0.2, -0.15) is 5.10 Å². The van der Waals surface area contributed by atoms with Crippen molar-refractivity contribution in [3.63, 3.8) is 0 Å². The third-order valence-electron chi connectivity index (χ3n) is 7.82. The minimum atomic E-state index is -0.281. The molecule has 3 heterocycles. The SMILES string of the molecule is COCc1nc(N2CC(C)C(O)C(C)C2)cc(-n2ncc3ccc(C4CC45CC5)cc32)n1. The van der Waals surface area contributed by atoms with Crippen molar-refractivity contribution in [2.24, 2.45) is 17.3 Å². The van der Waals surface area contributed by atoms with Gasteiger partial charge in [-0.25, -0.2) is 14.6 Å². The molecule has 1 aromatic carbocycles. The molecular formula is C25H31N5O2. The van der Waals surface area contributed by atoms with Gasteiger partial charge in [0.25, 0.3) is 0 Å². The smallest absolute Gasteiger partial charge is 0.159 e. The summed E-state index contributed by atoms with van der Waals surface area (Å²) in [6, 6.07) is 8.79. The Bertz CT molecular complexity index is 1160. The van der Waals surface area contributed by atoms with Crippen LogP contribution >= 0.6 is 0 Å². The van der Waals surface area contributed by atoms with Crippen molar-refractivity contribution in [3.8, 4) is 5.82 Å². The Kier molecular flexibility index (Phi) is 4.56. The molecule has 32 heavy (non-hydrogen) atoms. The Morgan fingerprint density at radius 1 is 1.09 bits per heavy atom. The van der Waals surface area contributed by atoms with Crippen molar-refractivity contribution < 1.29 is 9.84 Å². The molecule has 3 unspecified atom stereocenters. The third-order valence-corrected chi connectivity index (χ3v) is 7.82. The number of aliphatic hydroxyl groups excluding tert-OH is 1. The maximum Gasteiger partial charge on any atom is 0.159 e. The molecule has 0 radical (unpaired) electrons. The number of methoxy groups -OCH3 is 1. The molecule has 1 N–H and O–H groups in total. The van der Waals surface area contributed by atoms with Crippen LogP contribution < -0.4 is 4.90 Å². The second kappa shape index (κ2) is 7.25. The standard InChI is InChI=1S/C25H31N5O2/c1-15-12-29(13-16(2)24(15)31)22-9-23(28-21(27-22)14-32-3)30-20-8-17(4-5-18(20)11-26-30)19-10-25(19)6-7-25/h4-5,8-9,11,15-16,19,24,31H,6-7,10,12-14H2,1-3H3. The first-order valence-corrected chi connectivity index (χ1v) is 11.8. The van der Waals surface area contributed by atoms with E-state index in [2.05, 4.69) is 36.9 Å². The van der Waals surface area contributed by atoms with Crippen molar-refractivity contribution in [1.29, 1.82) is 0 Å². The third kappa shape index (κ3) is 3.30. The molecule has 1 aliphatic heterocycles. The summed E-state index contributed by atoms with van der Waals surface area (Å²) in [5, 5.41) is 16.2. The minimum absolute atomic E-state index is 0.185. The maximum atomic E-state index is 10.4. The molecule has 2 aromatic heterocycles. The van der Waals surface area contributed by atoms with E-state index < -0.39 is 0 Å². The van der Waals surface area contributed by atoms with Gasteiger partial charge in [-0.3, -0.25) is 0 Å². The summed E-state index contributed by atoms with van der Waals surface area (Å²) in [5.74, 6) is 3.35. The summed E-state index contributed by atoms with van der Waals surface area (Å²) in [5.41, 5.74) is 3.14. The first-order valence-electron chi connectivity index (χ1n) is 11.8. The number of rotatable bonds is 5. The zero-order valence-corrected chi connectivity index (χ0v) is 19.0. The van der Waals surface area contributed by atoms with E-state index in [4.69, 9.17) is 19.8 Å². The lowest BCUT2D eigenvalue weighted by Gasteiger charge is -2.39. The number of anilines is 1. The van der Waals surface area contributed by atoms with Crippen LogP contribution in [-0.2, 0) is 11.3 Å². The number of fused-ring (bicyclic) bond motifs is 1. The van der Waals surface area contributed by atoms with Crippen LogP contribution in [0.4, 0.5) is 5.82 Å². The zero-order chi connectivity index (χ0) is 22.0. The van der Waals surface area contributed by atoms with E-state index in [1.165, 1.54) is 24.8 Å². The van der Waals surface area contributed by atoms with Crippen molar-refractivity contribution >= 4 is 16.7 Å². The molecule has 2 saturated carbocycles.